The molecular formula is C22H30N4O3. The summed E-state index contributed by atoms with van der Waals surface area (Å²) >= 11 is 0. The third-order valence-electron chi connectivity index (χ3n) is 5.24. The summed E-state index contributed by atoms with van der Waals surface area (Å²) in [5.74, 6) is 0.527. The number of carbonyl (C=O) groups is 1. The highest BCUT2D eigenvalue weighted by Gasteiger charge is 2.18. The molecule has 2 heterocycles. The summed E-state index contributed by atoms with van der Waals surface area (Å²) in [5, 5.41) is 3.11. The van der Waals surface area contributed by atoms with Crippen molar-refractivity contribution in [3.63, 3.8) is 0 Å². The first-order valence-electron chi connectivity index (χ1n) is 10.3. The lowest BCUT2D eigenvalue weighted by Crippen LogP contribution is -2.38. The Kier molecular flexibility index (Phi) is 7.41. The van der Waals surface area contributed by atoms with Crippen molar-refractivity contribution in [3.8, 4) is 0 Å². The number of amides is 1. The molecule has 29 heavy (non-hydrogen) atoms. The zero-order valence-electron chi connectivity index (χ0n) is 17.2. The van der Waals surface area contributed by atoms with E-state index in [4.69, 9.17) is 4.74 Å². The Hall–Kier alpha value is -2.67. The van der Waals surface area contributed by atoms with E-state index in [1.54, 1.807) is 0 Å². The summed E-state index contributed by atoms with van der Waals surface area (Å²) in [6.07, 6.45) is 2.49. The molecule has 1 fully saturated rings. The summed E-state index contributed by atoms with van der Waals surface area (Å²) in [6.45, 7) is 6.61. The fraction of sp³-hybridized carbons (Fsp3) is 0.500. The van der Waals surface area contributed by atoms with Crippen molar-refractivity contribution < 1.29 is 9.53 Å². The molecule has 3 rings (SSSR count). The second-order valence-electron chi connectivity index (χ2n) is 7.37. The zero-order valence-corrected chi connectivity index (χ0v) is 17.2. The van der Waals surface area contributed by atoms with Crippen LogP contribution in [0.3, 0.4) is 0 Å². The van der Waals surface area contributed by atoms with Crippen molar-refractivity contribution in [1.29, 1.82) is 0 Å². The van der Waals surface area contributed by atoms with Crippen molar-refractivity contribution in [3.05, 3.63) is 57.5 Å². The number of rotatable bonds is 8. The normalized spacial score (nSPS) is 15.2. The van der Waals surface area contributed by atoms with Crippen LogP contribution in [-0.2, 0) is 16.0 Å². The molecule has 1 saturated heterocycles. The molecular weight excluding hydrogens is 368 g/mol. The van der Waals surface area contributed by atoms with E-state index in [0.29, 0.717) is 49.9 Å². The molecule has 0 aliphatic carbocycles. The Labute approximate surface area is 171 Å². The van der Waals surface area contributed by atoms with Crippen LogP contribution in [0.2, 0.25) is 0 Å². The Bertz CT molecular complexity index is 860. The summed E-state index contributed by atoms with van der Waals surface area (Å²) in [5.41, 5.74) is 2.19. The van der Waals surface area contributed by atoms with Crippen LogP contribution < -0.4 is 15.8 Å². The Morgan fingerprint density at radius 2 is 2.00 bits per heavy atom. The van der Waals surface area contributed by atoms with Gasteiger partial charge in [-0.25, -0.2) is 4.98 Å². The van der Waals surface area contributed by atoms with Crippen molar-refractivity contribution in [1.82, 2.24) is 15.3 Å². The minimum Gasteiger partial charge on any atom is -0.378 e. The van der Waals surface area contributed by atoms with Gasteiger partial charge in [0.05, 0.1) is 19.3 Å². The van der Waals surface area contributed by atoms with Gasteiger partial charge in [-0.1, -0.05) is 43.7 Å². The first-order valence-corrected chi connectivity index (χ1v) is 10.3. The SMILES string of the molecule is CCCC(NC(=O)CCc1c(C)nc(N2CCOCC2)[nH]c1=O)c1ccccc1. The van der Waals surface area contributed by atoms with Crippen LogP contribution in [0.4, 0.5) is 5.95 Å². The van der Waals surface area contributed by atoms with Gasteiger partial charge in [0.15, 0.2) is 0 Å². The Balaban J connectivity index is 1.62. The van der Waals surface area contributed by atoms with Gasteiger partial charge in [0.2, 0.25) is 11.9 Å². The fourth-order valence-corrected chi connectivity index (χ4v) is 3.62. The van der Waals surface area contributed by atoms with Gasteiger partial charge in [0, 0.05) is 30.8 Å². The highest BCUT2D eigenvalue weighted by molar-refractivity contribution is 5.76. The first kappa shape index (κ1) is 21.0. The minimum absolute atomic E-state index is 0.00472. The largest absolute Gasteiger partial charge is 0.378 e. The Morgan fingerprint density at radius 1 is 1.28 bits per heavy atom. The van der Waals surface area contributed by atoms with E-state index in [9.17, 15) is 9.59 Å². The van der Waals surface area contributed by atoms with Gasteiger partial charge in [-0.3, -0.25) is 14.6 Å². The van der Waals surface area contributed by atoms with Gasteiger partial charge in [-0.2, -0.15) is 0 Å². The molecule has 1 atom stereocenters. The molecule has 1 aliphatic rings. The molecule has 0 bridgehead atoms. The van der Waals surface area contributed by atoms with Crippen molar-refractivity contribution in [2.24, 2.45) is 0 Å². The number of benzene rings is 1. The summed E-state index contributed by atoms with van der Waals surface area (Å²) in [4.78, 5) is 34.6. The monoisotopic (exact) mass is 398 g/mol. The fourth-order valence-electron chi connectivity index (χ4n) is 3.62. The second-order valence-corrected chi connectivity index (χ2v) is 7.37. The lowest BCUT2D eigenvalue weighted by molar-refractivity contribution is -0.121. The maximum absolute atomic E-state index is 12.6. The van der Waals surface area contributed by atoms with Crippen LogP contribution in [0, 0.1) is 6.92 Å². The predicted octanol–water partition coefficient (Wildman–Crippen LogP) is 2.51. The van der Waals surface area contributed by atoms with Crippen LogP contribution >= 0.6 is 0 Å². The molecule has 1 aliphatic heterocycles. The van der Waals surface area contributed by atoms with Crippen LogP contribution in [0.5, 0.6) is 0 Å². The van der Waals surface area contributed by atoms with Crippen molar-refractivity contribution in [2.75, 3.05) is 31.2 Å². The molecule has 0 saturated carbocycles. The molecule has 0 spiro atoms. The van der Waals surface area contributed by atoms with Crippen molar-refractivity contribution >= 4 is 11.9 Å². The molecule has 1 aromatic heterocycles. The van der Waals surface area contributed by atoms with Gasteiger partial charge in [0.25, 0.3) is 5.56 Å². The number of anilines is 1. The van der Waals surface area contributed by atoms with Crippen molar-refractivity contribution in [2.45, 2.75) is 45.6 Å². The Morgan fingerprint density at radius 3 is 2.66 bits per heavy atom. The van der Waals surface area contributed by atoms with E-state index in [-0.39, 0.29) is 23.9 Å². The second kappa shape index (κ2) is 10.2. The van der Waals surface area contributed by atoms with Crippen LogP contribution in [0.1, 0.15) is 49.0 Å². The maximum Gasteiger partial charge on any atom is 0.255 e. The molecule has 1 amide bonds. The number of morpholine rings is 1. The van der Waals surface area contributed by atoms with E-state index in [1.165, 1.54) is 0 Å². The smallest absolute Gasteiger partial charge is 0.255 e. The highest BCUT2D eigenvalue weighted by Crippen LogP contribution is 2.18. The standard InChI is InChI=1S/C22H30N4O3/c1-3-7-19(17-8-5-4-6-9-17)24-20(27)11-10-18-16(2)23-22(25-21(18)28)26-12-14-29-15-13-26/h4-6,8-9,19H,3,7,10-15H2,1-2H3,(H,24,27)(H,23,25,28). The third-order valence-corrected chi connectivity index (χ3v) is 5.24. The number of nitrogens with one attached hydrogen (secondary N) is 2. The molecule has 0 radical (unpaired) electrons. The number of carbonyl (C=O) groups excluding carboxylic acids is 1. The predicted molar refractivity (Wildman–Crippen MR) is 113 cm³/mol. The molecule has 1 aromatic carbocycles. The zero-order chi connectivity index (χ0) is 20.6. The van der Waals surface area contributed by atoms with Gasteiger partial charge in [0.1, 0.15) is 0 Å². The first-order chi connectivity index (χ1) is 14.1. The lowest BCUT2D eigenvalue weighted by Gasteiger charge is -2.27. The molecule has 2 aromatic rings. The number of ether oxygens (including phenoxy) is 1. The van der Waals surface area contributed by atoms with E-state index in [1.807, 2.05) is 42.2 Å². The number of aryl methyl sites for hydroxylation is 1. The van der Waals surface area contributed by atoms with Crippen LogP contribution in [-0.4, -0.2) is 42.2 Å². The topological polar surface area (TPSA) is 87.3 Å². The van der Waals surface area contributed by atoms with Crippen LogP contribution in [0.15, 0.2) is 35.1 Å². The number of hydrogen-bond acceptors (Lipinski definition) is 5. The minimum atomic E-state index is -0.167. The number of H-pyrrole nitrogens is 1. The molecule has 2 N–H and O–H groups in total. The quantitative estimate of drug-likeness (QED) is 0.713. The number of aromatic nitrogens is 2. The highest BCUT2D eigenvalue weighted by atomic mass is 16.5. The summed E-state index contributed by atoms with van der Waals surface area (Å²) in [6, 6.07) is 9.99. The number of nitrogens with zero attached hydrogens (tertiary/aromatic N) is 2. The third kappa shape index (κ3) is 5.67. The van der Waals surface area contributed by atoms with E-state index in [0.717, 1.165) is 18.4 Å². The average molecular weight is 399 g/mol. The van der Waals surface area contributed by atoms with Crippen LogP contribution in [0.25, 0.3) is 0 Å². The maximum atomic E-state index is 12.6. The van der Waals surface area contributed by atoms with E-state index >= 15 is 0 Å². The lowest BCUT2D eigenvalue weighted by atomic mass is 10.0. The molecule has 1 unspecified atom stereocenters. The van der Waals surface area contributed by atoms with Gasteiger partial charge in [-0.15, -0.1) is 0 Å². The van der Waals surface area contributed by atoms with Gasteiger partial charge >= 0.3 is 0 Å². The molecule has 156 valence electrons. The molecule has 7 heteroatoms. The van der Waals surface area contributed by atoms with Gasteiger partial charge < -0.3 is 15.0 Å². The van der Waals surface area contributed by atoms with E-state index < -0.39 is 0 Å². The molecule has 7 nitrogen and oxygen atoms in total. The van der Waals surface area contributed by atoms with E-state index in [2.05, 4.69) is 22.2 Å². The average Bonchev–Trinajstić information content (AvgIpc) is 2.74. The summed E-state index contributed by atoms with van der Waals surface area (Å²) < 4.78 is 5.35. The van der Waals surface area contributed by atoms with Gasteiger partial charge in [-0.05, 0) is 25.3 Å². The summed E-state index contributed by atoms with van der Waals surface area (Å²) in [7, 11) is 0. The number of aromatic amines is 1. The number of hydrogen-bond donors (Lipinski definition) is 2.